The van der Waals surface area contributed by atoms with Gasteiger partial charge < -0.3 is 16.2 Å². The van der Waals surface area contributed by atoms with Gasteiger partial charge >= 0.3 is 0 Å². The van der Waals surface area contributed by atoms with Crippen molar-refractivity contribution in [3.63, 3.8) is 0 Å². The second-order valence-electron chi connectivity index (χ2n) is 4.71. The number of aromatic nitrogens is 4. The highest BCUT2D eigenvalue weighted by Gasteiger charge is 2.29. The van der Waals surface area contributed by atoms with Crippen LogP contribution in [0, 0.1) is 5.92 Å². The molecule has 0 spiro atoms. The lowest BCUT2D eigenvalue weighted by atomic mass is 10.4. The summed E-state index contributed by atoms with van der Waals surface area (Å²) in [7, 11) is 0. The Hall–Kier alpha value is -2.41. The molecule has 3 rings (SSSR count). The Balaban J connectivity index is 2.01. The van der Waals surface area contributed by atoms with E-state index in [1.807, 2.05) is 10.8 Å². The van der Waals surface area contributed by atoms with Gasteiger partial charge in [-0.1, -0.05) is 6.08 Å². The lowest BCUT2D eigenvalue weighted by Crippen LogP contribution is -2.05. The second-order valence-corrected chi connectivity index (χ2v) is 4.71. The Bertz CT molecular complexity index is 689. The van der Waals surface area contributed by atoms with Gasteiger partial charge in [0.2, 0.25) is 5.95 Å². The van der Waals surface area contributed by atoms with E-state index >= 15 is 0 Å². The molecule has 4 N–H and O–H groups in total. The standard InChI is InChI=1S/C13H16N6O/c1-2-3-15-11-10-12(18-13(14)17-11)19(7-16-10)5-8-4-9(8)6-20/h2,5,7,9,20H,1,3-4,6H2,(H3,14,15,17,18)/b8-5-/t9-/m1/s1. The molecule has 0 aliphatic heterocycles. The quantitative estimate of drug-likeness (QED) is 0.698. The molecule has 1 aliphatic rings. The lowest BCUT2D eigenvalue weighted by Gasteiger charge is -2.04. The molecule has 2 aromatic heterocycles. The maximum absolute atomic E-state index is 9.07. The summed E-state index contributed by atoms with van der Waals surface area (Å²) in [4.78, 5) is 12.7. The van der Waals surface area contributed by atoms with Gasteiger partial charge in [0.1, 0.15) is 6.33 Å². The van der Waals surface area contributed by atoms with Crippen molar-refractivity contribution in [1.82, 2.24) is 19.5 Å². The normalized spacial score (nSPS) is 19.4. The number of aliphatic hydroxyl groups excluding tert-OH is 1. The van der Waals surface area contributed by atoms with Crippen LogP contribution in [0.4, 0.5) is 11.8 Å². The second kappa shape index (κ2) is 4.93. The molecule has 7 heteroatoms. The van der Waals surface area contributed by atoms with Crippen LogP contribution < -0.4 is 11.1 Å². The average Bonchev–Trinajstić information content (AvgIpc) is 3.08. The number of fused-ring (bicyclic) bond motifs is 1. The van der Waals surface area contributed by atoms with Crippen LogP contribution in [-0.2, 0) is 0 Å². The first-order chi connectivity index (χ1) is 9.72. The van der Waals surface area contributed by atoms with E-state index < -0.39 is 0 Å². The number of rotatable bonds is 5. The van der Waals surface area contributed by atoms with Gasteiger partial charge in [-0.15, -0.1) is 6.58 Å². The van der Waals surface area contributed by atoms with Crippen molar-refractivity contribution in [2.45, 2.75) is 6.42 Å². The highest BCUT2D eigenvalue weighted by Crippen LogP contribution is 2.37. The zero-order valence-electron chi connectivity index (χ0n) is 11.0. The molecule has 2 aromatic rings. The first kappa shape index (κ1) is 12.6. The van der Waals surface area contributed by atoms with Crippen molar-refractivity contribution >= 4 is 29.1 Å². The van der Waals surface area contributed by atoms with Gasteiger partial charge in [-0.2, -0.15) is 9.97 Å². The summed E-state index contributed by atoms with van der Waals surface area (Å²) in [6, 6.07) is 0. The first-order valence-electron chi connectivity index (χ1n) is 6.39. The van der Waals surface area contributed by atoms with E-state index in [9.17, 15) is 0 Å². The van der Waals surface area contributed by atoms with Gasteiger partial charge in [0, 0.05) is 25.3 Å². The molecule has 0 bridgehead atoms. The summed E-state index contributed by atoms with van der Waals surface area (Å²) in [5, 5.41) is 12.2. The molecule has 0 amide bonds. The van der Waals surface area contributed by atoms with Crippen molar-refractivity contribution in [3.05, 3.63) is 24.6 Å². The van der Waals surface area contributed by atoms with E-state index in [4.69, 9.17) is 10.8 Å². The first-order valence-corrected chi connectivity index (χ1v) is 6.39. The molecule has 2 heterocycles. The van der Waals surface area contributed by atoms with Crippen LogP contribution in [0.3, 0.4) is 0 Å². The van der Waals surface area contributed by atoms with Crippen LogP contribution >= 0.6 is 0 Å². The van der Waals surface area contributed by atoms with Gasteiger partial charge in [-0.3, -0.25) is 4.57 Å². The average molecular weight is 272 g/mol. The molecule has 0 saturated heterocycles. The van der Waals surface area contributed by atoms with E-state index in [2.05, 4.69) is 26.8 Å². The van der Waals surface area contributed by atoms with Gasteiger partial charge in [-0.25, -0.2) is 4.98 Å². The maximum Gasteiger partial charge on any atom is 0.224 e. The predicted molar refractivity (Wildman–Crippen MR) is 77.9 cm³/mol. The Labute approximate surface area is 115 Å². The predicted octanol–water partition coefficient (Wildman–Crippen LogP) is 0.859. The van der Waals surface area contributed by atoms with Crippen LogP contribution in [-0.4, -0.2) is 37.8 Å². The molecule has 1 aliphatic carbocycles. The van der Waals surface area contributed by atoms with Gasteiger partial charge in [0.15, 0.2) is 17.0 Å². The summed E-state index contributed by atoms with van der Waals surface area (Å²) in [6.45, 7) is 4.41. The number of hydrogen-bond acceptors (Lipinski definition) is 6. The molecule has 0 aromatic carbocycles. The maximum atomic E-state index is 9.07. The number of aliphatic hydroxyl groups is 1. The summed E-state index contributed by atoms with van der Waals surface area (Å²) in [5.74, 6) is 1.06. The van der Waals surface area contributed by atoms with Crippen LogP contribution in [0.15, 0.2) is 24.6 Å². The van der Waals surface area contributed by atoms with Crippen molar-refractivity contribution in [3.8, 4) is 0 Å². The highest BCUT2D eigenvalue weighted by atomic mass is 16.3. The zero-order valence-corrected chi connectivity index (χ0v) is 11.0. The van der Waals surface area contributed by atoms with E-state index in [1.165, 1.54) is 5.57 Å². The van der Waals surface area contributed by atoms with Crippen LogP contribution in [0.5, 0.6) is 0 Å². The Morgan fingerprint density at radius 1 is 1.55 bits per heavy atom. The van der Waals surface area contributed by atoms with Crippen molar-refractivity contribution in [1.29, 1.82) is 0 Å². The van der Waals surface area contributed by atoms with Crippen molar-refractivity contribution < 1.29 is 5.11 Å². The molecule has 0 unspecified atom stereocenters. The minimum atomic E-state index is 0.182. The van der Waals surface area contributed by atoms with Gasteiger partial charge in [-0.05, 0) is 12.0 Å². The SMILES string of the molecule is C=CCNc1nc(N)nc2c1ncn2/C=C1/C[C@@H]1CO. The molecule has 1 fully saturated rings. The van der Waals surface area contributed by atoms with Crippen LogP contribution in [0.25, 0.3) is 17.4 Å². The number of anilines is 2. The lowest BCUT2D eigenvalue weighted by molar-refractivity contribution is 0.281. The summed E-state index contributed by atoms with van der Waals surface area (Å²) in [6.07, 6.45) is 6.27. The van der Waals surface area contributed by atoms with E-state index in [0.29, 0.717) is 23.5 Å². The third kappa shape index (κ3) is 2.23. The molecule has 1 atom stereocenters. The highest BCUT2D eigenvalue weighted by molar-refractivity contribution is 5.85. The van der Waals surface area contributed by atoms with Crippen LogP contribution in [0.2, 0.25) is 0 Å². The largest absolute Gasteiger partial charge is 0.396 e. The molecular weight excluding hydrogens is 256 g/mol. The number of nitrogens with one attached hydrogen (secondary N) is 1. The molecule has 20 heavy (non-hydrogen) atoms. The minimum absolute atomic E-state index is 0.182. The third-order valence-corrected chi connectivity index (χ3v) is 3.22. The fourth-order valence-electron chi connectivity index (χ4n) is 2.06. The number of nitrogens with zero attached hydrogens (tertiary/aromatic N) is 4. The molecule has 7 nitrogen and oxygen atoms in total. The van der Waals surface area contributed by atoms with E-state index in [-0.39, 0.29) is 18.5 Å². The zero-order chi connectivity index (χ0) is 14.1. The number of hydrogen-bond donors (Lipinski definition) is 3. The molecule has 0 radical (unpaired) electrons. The Morgan fingerprint density at radius 2 is 2.40 bits per heavy atom. The summed E-state index contributed by atoms with van der Waals surface area (Å²) < 4.78 is 1.82. The topological polar surface area (TPSA) is 102 Å². The van der Waals surface area contributed by atoms with E-state index in [1.54, 1.807) is 12.4 Å². The van der Waals surface area contributed by atoms with Crippen molar-refractivity contribution in [2.24, 2.45) is 5.92 Å². The number of imidazole rings is 1. The van der Waals surface area contributed by atoms with E-state index in [0.717, 1.165) is 6.42 Å². The minimum Gasteiger partial charge on any atom is -0.396 e. The summed E-state index contributed by atoms with van der Waals surface area (Å²) >= 11 is 0. The molecule has 1 saturated carbocycles. The Morgan fingerprint density at radius 3 is 3.10 bits per heavy atom. The smallest absolute Gasteiger partial charge is 0.224 e. The molecular formula is C13H16N6O. The Kier molecular flexibility index (Phi) is 3.11. The van der Waals surface area contributed by atoms with Gasteiger partial charge in [0.25, 0.3) is 0 Å². The summed E-state index contributed by atoms with van der Waals surface area (Å²) in [5.41, 5.74) is 8.24. The van der Waals surface area contributed by atoms with Gasteiger partial charge in [0.05, 0.1) is 0 Å². The van der Waals surface area contributed by atoms with Crippen molar-refractivity contribution in [2.75, 3.05) is 24.2 Å². The van der Waals surface area contributed by atoms with Crippen LogP contribution in [0.1, 0.15) is 6.42 Å². The number of nitrogen functional groups attached to an aromatic ring is 1. The third-order valence-electron chi connectivity index (χ3n) is 3.22. The fourth-order valence-corrected chi connectivity index (χ4v) is 2.06. The monoisotopic (exact) mass is 272 g/mol. The fraction of sp³-hybridized carbons (Fsp3) is 0.308. The number of nitrogens with two attached hydrogens (primary N) is 1. The molecule has 104 valence electrons.